The van der Waals surface area contributed by atoms with Gasteiger partial charge in [-0.15, -0.1) is 10.2 Å². The Morgan fingerprint density at radius 3 is 2.67 bits per heavy atom. The van der Waals surface area contributed by atoms with E-state index >= 15 is 0 Å². The molecule has 0 atom stereocenters. The van der Waals surface area contributed by atoms with Crippen LogP contribution < -0.4 is 4.72 Å². The van der Waals surface area contributed by atoms with Crippen LogP contribution >= 0.6 is 0 Å². The van der Waals surface area contributed by atoms with Crippen LogP contribution in [-0.2, 0) is 16.4 Å². The lowest BCUT2D eigenvalue weighted by atomic mass is 10.2. The normalized spacial score (nSPS) is 11.4. The minimum atomic E-state index is -3.94. The second-order valence-corrected chi connectivity index (χ2v) is 7.15. The summed E-state index contributed by atoms with van der Waals surface area (Å²) in [5, 5.41) is 18.3. The molecule has 1 N–H and O–H groups in total. The molecule has 0 fully saturated rings. The number of aromatic nitrogens is 2. The lowest BCUT2D eigenvalue weighted by Crippen LogP contribution is -2.26. The second kappa shape index (κ2) is 7.60. The van der Waals surface area contributed by atoms with Gasteiger partial charge in [-0.3, -0.25) is 10.1 Å². The summed E-state index contributed by atoms with van der Waals surface area (Å²) in [6, 6.07) is 10.6. The first-order valence-corrected chi connectivity index (χ1v) is 9.16. The molecular formula is C16H13FN4O5S. The van der Waals surface area contributed by atoms with Gasteiger partial charge in [-0.1, -0.05) is 18.2 Å². The summed E-state index contributed by atoms with van der Waals surface area (Å²) in [4.78, 5) is 9.85. The Morgan fingerprint density at radius 1 is 1.15 bits per heavy atom. The zero-order valence-electron chi connectivity index (χ0n) is 13.7. The summed E-state index contributed by atoms with van der Waals surface area (Å²) in [5.41, 5.74) is -0.183. The van der Waals surface area contributed by atoms with E-state index in [1.54, 1.807) is 6.07 Å². The molecule has 0 aliphatic heterocycles. The van der Waals surface area contributed by atoms with Crippen molar-refractivity contribution in [3.63, 3.8) is 0 Å². The fraction of sp³-hybridized carbons (Fsp3) is 0.125. The fourth-order valence-corrected chi connectivity index (χ4v) is 3.31. The van der Waals surface area contributed by atoms with Crippen LogP contribution in [0.1, 0.15) is 5.89 Å². The van der Waals surface area contributed by atoms with E-state index in [0.717, 1.165) is 6.07 Å². The number of nitro groups is 1. The molecule has 0 amide bonds. The van der Waals surface area contributed by atoms with E-state index in [1.807, 2.05) is 0 Å². The van der Waals surface area contributed by atoms with Crippen LogP contribution in [-0.4, -0.2) is 30.1 Å². The van der Waals surface area contributed by atoms with E-state index < -0.39 is 20.8 Å². The quantitative estimate of drug-likeness (QED) is 0.482. The van der Waals surface area contributed by atoms with Crippen LogP contribution in [0.4, 0.5) is 10.1 Å². The first kappa shape index (κ1) is 18.6. The van der Waals surface area contributed by atoms with Crippen molar-refractivity contribution in [3.8, 4) is 11.5 Å². The molecule has 0 aliphatic carbocycles. The van der Waals surface area contributed by atoms with Gasteiger partial charge in [0.25, 0.3) is 11.6 Å². The van der Waals surface area contributed by atoms with E-state index in [9.17, 15) is 22.9 Å². The largest absolute Gasteiger partial charge is 0.421 e. The van der Waals surface area contributed by atoms with E-state index in [4.69, 9.17) is 4.42 Å². The van der Waals surface area contributed by atoms with Gasteiger partial charge in [-0.05, 0) is 18.2 Å². The number of rotatable bonds is 7. The van der Waals surface area contributed by atoms with Gasteiger partial charge in [0.05, 0.1) is 15.4 Å². The molecule has 0 spiro atoms. The van der Waals surface area contributed by atoms with Crippen LogP contribution in [0.25, 0.3) is 11.5 Å². The first-order chi connectivity index (χ1) is 12.9. The Bertz CT molecular complexity index is 1080. The monoisotopic (exact) mass is 392 g/mol. The Kier molecular flexibility index (Phi) is 5.23. The third-order valence-corrected chi connectivity index (χ3v) is 5.00. The third kappa shape index (κ3) is 4.33. The van der Waals surface area contributed by atoms with Gasteiger partial charge in [0, 0.05) is 25.1 Å². The molecule has 3 rings (SSSR count). The van der Waals surface area contributed by atoms with Gasteiger partial charge < -0.3 is 4.42 Å². The number of hydrogen-bond acceptors (Lipinski definition) is 7. The molecule has 0 aliphatic rings. The van der Waals surface area contributed by atoms with Gasteiger partial charge in [-0.25, -0.2) is 17.5 Å². The predicted octanol–water partition coefficient (Wildman–Crippen LogP) is 2.30. The highest BCUT2D eigenvalue weighted by Gasteiger charge is 2.18. The molecule has 0 saturated heterocycles. The van der Waals surface area contributed by atoms with Crippen molar-refractivity contribution in [2.45, 2.75) is 11.3 Å². The molecular weight excluding hydrogens is 379 g/mol. The average Bonchev–Trinajstić information content (AvgIpc) is 3.10. The summed E-state index contributed by atoms with van der Waals surface area (Å²) in [6.45, 7) is -0.0794. The maximum Gasteiger partial charge on any atom is 0.270 e. The van der Waals surface area contributed by atoms with E-state index in [2.05, 4.69) is 14.9 Å². The highest BCUT2D eigenvalue weighted by atomic mass is 32.2. The van der Waals surface area contributed by atoms with Gasteiger partial charge in [0.2, 0.25) is 15.9 Å². The summed E-state index contributed by atoms with van der Waals surface area (Å²) in [6.07, 6.45) is 0.0651. The van der Waals surface area contributed by atoms with E-state index in [0.29, 0.717) is 0 Å². The maximum absolute atomic E-state index is 13.7. The van der Waals surface area contributed by atoms with Gasteiger partial charge in [0.15, 0.2) is 0 Å². The van der Waals surface area contributed by atoms with Gasteiger partial charge in [0.1, 0.15) is 5.82 Å². The Morgan fingerprint density at radius 2 is 1.93 bits per heavy atom. The standard InChI is InChI=1S/C16H13FN4O5S/c17-14-7-2-1-6-13(14)16-20-19-15(26-16)8-9-18-27(24,25)12-5-3-4-11(10-12)21(22)23/h1-7,10,18H,8-9H2. The van der Waals surface area contributed by atoms with Crippen LogP contribution in [0.5, 0.6) is 0 Å². The van der Waals surface area contributed by atoms with E-state index in [1.165, 1.54) is 36.4 Å². The minimum Gasteiger partial charge on any atom is -0.421 e. The van der Waals surface area contributed by atoms with Crippen molar-refractivity contribution in [1.29, 1.82) is 0 Å². The number of nitrogens with zero attached hydrogens (tertiary/aromatic N) is 3. The SMILES string of the molecule is O=[N+]([O-])c1cccc(S(=O)(=O)NCCc2nnc(-c3ccccc3F)o2)c1. The third-order valence-electron chi connectivity index (χ3n) is 3.54. The van der Waals surface area contributed by atoms with Crippen molar-refractivity contribution in [1.82, 2.24) is 14.9 Å². The van der Waals surface area contributed by atoms with Crippen molar-refractivity contribution >= 4 is 15.7 Å². The fourth-order valence-electron chi connectivity index (χ4n) is 2.24. The zero-order chi connectivity index (χ0) is 19.4. The Balaban J connectivity index is 1.65. The number of hydrogen-bond donors (Lipinski definition) is 1. The maximum atomic E-state index is 13.7. The zero-order valence-corrected chi connectivity index (χ0v) is 14.5. The molecule has 1 aromatic heterocycles. The molecule has 3 aromatic rings. The molecule has 1 heterocycles. The smallest absolute Gasteiger partial charge is 0.270 e. The summed E-state index contributed by atoms with van der Waals surface area (Å²) in [5.74, 6) is -0.404. The Labute approximate surface area is 153 Å². The average molecular weight is 392 g/mol. The van der Waals surface area contributed by atoms with Crippen molar-refractivity contribution in [2.24, 2.45) is 0 Å². The number of benzene rings is 2. The molecule has 0 unspecified atom stereocenters. The number of non-ortho nitro benzene ring substituents is 1. The highest BCUT2D eigenvalue weighted by molar-refractivity contribution is 7.89. The molecule has 0 radical (unpaired) electrons. The number of sulfonamides is 1. The van der Waals surface area contributed by atoms with Gasteiger partial charge >= 0.3 is 0 Å². The Hall–Kier alpha value is -3.18. The summed E-state index contributed by atoms with van der Waals surface area (Å²) >= 11 is 0. The van der Waals surface area contributed by atoms with Crippen LogP contribution in [0, 0.1) is 15.9 Å². The summed E-state index contributed by atoms with van der Waals surface area (Å²) < 4.78 is 45.8. The molecule has 140 valence electrons. The topological polar surface area (TPSA) is 128 Å². The number of halogens is 1. The number of nitrogens with one attached hydrogen (secondary N) is 1. The molecule has 11 heteroatoms. The molecule has 0 saturated carbocycles. The minimum absolute atomic E-state index is 0.00959. The highest BCUT2D eigenvalue weighted by Crippen LogP contribution is 2.21. The number of nitro benzene ring substituents is 1. The molecule has 2 aromatic carbocycles. The predicted molar refractivity (Wildman–Crippen MR) is 91.7 cm³/mol. The van der Waals surface area contributed by atoms with E-state index in [-0.39, 0.29) is 40.9 Å². The van der Waals surface area contributed by atoms with Gasteiger partial charge in [-0.2, -0.15) is 0 Å². The van der Waals surface area contributed by atoms with Crippen molar-refractivity contribution < 1.29 is 22.1 Å². The van der Waals surface area contributed by atoms with Crippen molar-refractivity contribution in [3.05, 3.63) is 70.4 Å². The van der Waals surface area contributed by atoms with Crippen molar-refractivity contribution in [2.75, 3.05) is 6.54 Å². The molecule has 27 heavy (non-hydrogen) atoms. The second-order valence-electron chi connectivity index (χ2n) is 5.38. The molecule has 9 nitrogen and oxygen atoms in total. The molecule has 0 bridgehead atoms. The van der Waals surface area contributed by atoms with Crippen LogP contribution in [0.2, 0.25) is 0 Å². The van der Waals surface area contributed by atoms with Crippen LogP contribution in [0.15, 0.2) is 57.8 Å². The summed E-state index contributed by atoms with van der Waals surface area (Å²) in [7, 11) is -3.94. The first-order valence-electron chi connectivity index (χ1n) is 7.68. The lowest BCUT2D eigenvalue weighted by molar-refractivity contribution is -0.385. The lowest BCUT2D eigenvalue weighted by Gasteiger charge is -2.05. The van der Waals surface area contributed by atoms with Crippen LogP contribution in [0.3, 0.4) is 0 Å².